The Kier molecular flexibility index (Phi) is 2.58. The van der Waals surface area contributed by atoms with Gasteiger partial charge in [0.05, 0.1) is 11.3 Å². The van der Waals surface area contributed by atoms with Gasteiger partial charge >= 0.3 is 0 Å². The number of rotatable bonds is 1. The van der Waals surface area contributed by atoms with Crippen LogP contribution in [0.25, 0.3) is 0 Å². The predicted octanol–water partition coefficient (Wildman–Crippen LogP) is 2.53. The molecule has 0 bridgehead atoms. The SMILES string of the molecule is CC(C)N1C(=O)C(=O)c2cc(Br)cc(F)c21. The normalized spacial score (nSPS) is 14.9. The van der Waals surface area contributed by atoms with Crippen molar-refractivity contribution in [2.75, 3.05) is 4.90 Å². The lowest BCUT2D eigenvalue weighted by atomic mass is 10.1. The van der Waals surface area contributed by atoms with Gasteiger partial charge in [-0.2, -0.15) is 0 Å². The van der Waals surface area contributed by atoms with Crippen LogP contribution in [0, 0.1) is 5.82 Å². The highest BCUT2D eigenvalue weighted by Gasteiger charge is 2.39. The molecule has 0 unspecified atom stereocenters. The quantitative estimate of drug-likeness (QED) is 0.744. The van der Waals surface area contributed by atoms with Crippen LogP contribution in [-0.2, 0) is 4.79 Å². The van der Waals surface area contributed by atoms with Crippen molar-refractivity contribution < 1.29 is 14.0 Å². The van der Waals surface area contributed by atoms with Gasteiger partial charge in [0.25, 0.3) is 11.7 Å². The molecule has 84 valence electrons. The molecule has 0 atom stereocenters. The van der Waals surface area contributed by atoms with E-state index in [2.05, 4.69) is 15.9 Å². The van der Waals surface area contributed by atoms with Gasteiger partial charge in [-0.05, 0) is 26.0 Å². The van der Waals surface area contributed by atoms with Gasteiger partial charge in [0.15, 0.2) is 0 Å². The highest BCUT2D eigenvalue weighted by molar-refractivity contribution is 9.10. The standard InChI is InChI=1S/C11H9BrFNO2/c1-5(2)14-9-7(10(15)11(14)16)3-6(12)4-8(9)13/h3-5H,1-2H3. The van der Waals surface area contributed by atoms with Gasteiger partial charge in [-0.15, -0.1) is 0 Å². The molecular formula is C11H9BrFNO2. The molecule has 16 heavy (non-hydrogen) atoms. The zero-order valence-electron chi connectivity index (χ0n) is 8.75. The summed E-state index contributed by atoms with van der Waals surface area (Å²) in [7, 11) is 0. The number of hydrogen-bond donors (Lipinski definition) is 0. The Morgan fingerprint density at radius 2 is 1.94 bits per heavy atom. The van der Waals surface area contributed by atoms with Crippen LogP contribution in [0.5, 0.6) is 0 Å². The average molecular weight is 286 g/mol. The number of carbonyl (C=O) groups is 2. The number of hydrogen-bond acceptors (Lipinski definition) is 2. The lowest BCUT2D eigenvalue weighted by Crippen LogP contribution is -2.36. The third-order valence-electron chi connectivity index (χ3n) is 2.44. The highest BCUT2D eigenvalue weighted by atomic mass is 79.9. The van der Waals surface area contributed by atoms with E-state index in [1.54, 1.807) is 13.8 Å². The summed E-state index contributed by atoms with van der Waals surface area (Å²) in [6.07, 6.45) is 0. The third kappa shape index (κ3) is 1.46. The number of benzene rings is 1. The summed E-state index contributed by atoms with van der Waals surface area (Å²) in [4.78, 5) is 24.5. The smallest absolute Gasteiger partial charge is 0.299 e. The maximum Gasteiger partial charge on any atom is 0.299 e. The molecule has 3 nitrogen and oxygen atoms in total. The van der Waals surface area contributed by atoms with Crippen LogP contribution in [0.4, 0.5) is 10.1 Å². The molecule has 0 fully saturated rings. The zero-order valence-corrected chi connectivity index (χ0v) is 10.3. The Balaban J connectivity index is 2.70. The molecule has 0 saturated carbocycles. The first-order chi connectivity index (χ1) is 7.43. The molecule has 0 saturated heterocycles. The van der Waals surface area contributed by atoms with Crippen LogP contribution in [0.2, 0.25) is 0 Å². The zero-order chi connectivity index (χ0) is 12.0. The van der Waals surface area contributed by atoms with Gasteiger partial charge < -0.3 is 0 Å². The van der Waals surface area contributed by atoms with Gasteiger partial charge in [-0.1, -0.05) is 15.9 Å². The van der Waals surface area contributed by atoms with E-state index in [-0.39, 0.29) is 17.3 Å². The second-order valence-corrected chi connectivity index (χ2v) is 4.80. The topological polar surface area (TPSA) is 37.4 Å². The van der Waals surface area contributed by atoms with Gasteiger partial charge in [-0.25, -0.2) is 4.39 Å². The van der Waals surface area contributed by atoms with Crippen LogP contribution < -0.4 is 4.90 Å². The predicted molar refractivity (Wildman–Crippen MR) is 61.1 cm³/mol. The fourth-order valence-electron chi connectivity index (χ4n) is 1.80. The molecule has 1 aromatic carbocycles. The molecule has 0 radical (unpaired) electrons. The van der Waals surface area contributed by atoms with E-state index in [4.69, 9.17) is 0 Å². The second kappa shape index (κ2) is 3.66. The summed E-state index contributed by atoms with van der Waals surface area (Å²) < 4.78 is 14.2. The van der Waals surface area contributed by atoms with E-state index >= 15 is 0 Å². The van der Waals surface area contributed by atoms with Crippen molar-refractivity contribution in [1.29, 1.82) is 0 Å². The van der Waals surface area contributed by atoms with E-state index in [1.165, 1.54) is 17.0 Å². The Morgan fingerprint density at radius 3 is 2.50 bits per heavy atom. The van der Waals surface area contributed by atoms with Gasteiger partial charge in [0.2, 0.25) is 0 Å². The second-order valence-electron chi connectivity index (χ2n) is 3.88. The van der Waals surface area contributed by atoms with Crippen molar-refractivity contribution in [3.05, 3.63) is 28.0 Å². The molecule has 2 rings (SSSR count). The first-order valence-electron chi connectivity index (χ1n) is 4.80. The number of halogens is 2. The van der Waals surface area contributed by atoms with Crippen molar-refractivity contribution in [3.63, 3.8) is 0 Å². The molecule has 0 spiro atoms. The molecule has 1 heterocycles. The van der Waals surface area contributed by atoms with Gasteiger partial charge in [0, 0.05) is 10.5 Å². The van der Waals surface area contributed by atoms with Crippen molar-refractivity contribution >= 4 is 33.3 Å². The van der Waals surface area contributed by atoms with Crippen LogP contribution in [0.3, 0.4) is 0 Å². The first-order valence-corrected chi connectivity index (χ1v) is 5.59. The first kappa shape index (κ1) is 11.3. The Morgan fingerprint density at radius 1 is 1.31 bits per heavy atom. The molecule has 0 aliphatic carbocycles. The minimum atomic E-state index is -0.665. The number of Topliss-reactive ketones (excluding diaryl/α,β-unsaturated/α-hetero) is 1. The third-order valence-corrected chi connectivity index (χ3v) is 2.90. The minimum absolute atomic E-state index is 0.0909. The van der Waals surface area contributed by atoms with E-state index in [9.17, 15) is 14.0 Å². The van der Waals surface area contributed by atoms with E-state index < -0.39 is 17.5 Å². The van der Waals surface area contributed by atoms with Crippen molar-refractivity contribution in [2.45, 2.75) is 19.9 Å². The van der Waals surface area contributed by atoms with E-state index in [0.29, 0.717) is 4.47 Å². The largest absolute Gasteiger partial charge is 0.299 e. The number of nitrogens with zero attached hydrogens (tertiary/aromatic N) is 1. The molecular weight excluding hydrogens is 277 g/mol. The van der Waals surface area contributed by atoms with Gasteiger partial charge in [-0.3, -0.25) is 14.5 Å². The lowest BCUT2D eigenvalue weighted by molar-refractivity contribution is -0.114. The fraction of sp³-hybridized carbons (Fsp3) is 0.273. The van der Waals surface area contributed by atoms with Crippen molar-refractivity contribution in [3.8, 4) is 0 Å². The molecule has 5 heteroatoms. The summed E-state index contributed by atoms with van der Waals surface area (Å²) in [5.41, 5.74) is 0.221. The molecule has 1 amide bonds. The van der Waals surface area contributed by atoms with Crippen LogP contribution in [0.1, 0.15) is 24.2 Å². The average Bonchev–Trinajstić information content (AvgIpc) is 2.42. The summed E-state index contributed by atoms with van der Waals surface area (Å²) in [5.74, 6) is -1.87. The van der Waals surface area contributed by atoms with E-state index in [0.717, 1.165) is 0 Å². The number of ketones is 1. The number of amides is 1. The number of anilines is 1. The monoisotopic (exact) mass is 285 g/mol. The van der Waals surface area contributed by atoms with Crippen LogP contribution >= 0.6 is 15.9 Å². The number of carbonyl (C=O) groups excluding carboxylic acids is 2. The maximum atomic E-state index is 13.7. The maximum absolute atomic E-state index is 13.7. The molecule has 1 aliphatic heterocycles. The Hall–Kier alpha value is -1.23. The summed E-state index contributed by atoms with van der Waals surface area (Å²) in [5, 5.41) is 0. The fourth-order valence-corrected chi connectivity index (χ4v) is 2.23. The Labute approximate surface area is 100 Å². The van der Waals surface area contributed by atoms with Crippen molar-refractivity contribution in [1.82, 2.24) is 0 Å². The molecule has 0 aromatic heterocycles. The van der Waals surface area contributed by atoms with E-state index in [1.807, 2.05) is 0 Å². The Bertz CT molecular complexity index is 499. The summed E-state index contributed by atoms with van der Waals surface area (Å²) in [6, 6.07) is 2.48. The molecule has 1 aliphatic rings. The summed E-state index contributed by atoms with van der Waals surface area (Å²) >= 11 is 3.10. The minimum Gasteiger partial charge on any atom is -0.299 e. The van der Waals surface area contributed by atoms with Gasteiger partial charge in [0.1, 0.15) is 5.82 Å². The number of fused-ring (bicyclic) bond motifs is 1. The molecule has 1 aromatic rings. The highest BCUT2D eigenvalue weighted by Crippen LogP contribution is 2.35. The van der Waals surface area contributed by atoms with Crippen LogP contribution in [0.15, 0.2) is 16.6 Å². The van der Waals surface area contributed by atoms with Crippen LogP contribution in [-0.4, -0.2) is 17.7 Å². The lowest BCUT2D eigenvalue weighted by Gasteiger charge is -2.21. The van der Waals surface area contributed by atoms with Crippen molar-refractivity contribution in [2.24, 2.45) is 0 Å². The molecule has 0 N–H and O–H groups in total. The summed E-state index contributed by atoms with van der Waals surface area (Å²) in [6.45, 7) is 3.48.